The van der Waals surface area contributed by atoms with Gasteiger partial charge in [-0.3, -0.25) is 0 Å². The Hall–Kier alpha value is -2.57. The minimum atomic E-state index is -1.94. The summed E-state index contributed by atoms with van der Waals surface area (Å²) in [6.45, 7) is 0.872. The van der Waals surface area contributed by atoms with Gasteiger partial charge in [0.1, 0.15) is 0 Å². The molecule has 2 nitrogen and oxygen atoms in total. The van der Waals surface area contributed by atoms with E-state index in [2.05, 4.69) is 0 Å². The number of rotatable bonds is 4. The first-order valence-electron chi connectivity index (χ1n) is 8.99. The molecule has 7 heteroatoms. The molecule has 0 saturated heterocycles. The van der Waals surface area contributed by atoms with Crippen molar-refractivity contribution in [2.45, 2.75) is 0 Å². The number of hydrogen-bond donors (Lipinski definition) is 0. The van der Waals surface area contributed by atoms with Gasteiger partial charge in [0, 0.05) is 0 Å². The Kier molecular flexibility index (Phi) is 5.74. The molecule has 2 aromatic rings. The average molecular weight is 432 g/mol. The van der Waals surface area contributed by atoms with Gasteiger partial charge >= 0.3 is 175 Å². The molecule has 2 aromatic carbocycles. The fraction of sp³-hybridized carbons (Fsp3) is 0.0909. The zero-order valence-corrected chi connectivity index (χ0v) is 16.8. The van der Waals surface area contributed by atoms with Crippen molar-refractivity contribution >= 4 is 19.1 Å². The molecule has 0 aliphatic carbocycles. The summed E-state index contributed by atoms with van der Waals surface area (Å²) in [6.07, 6.45) is 14.2. The molecular weight excluding hydrogens is 416 g/mol. The molecule has 0 fully saturated rings. The van der Waals surface area contributed by atoms with Crippen LogP contribution < -0.4 is 17.5 Å². The predicted molar refractivity (Wildman–Crippen MR) is 103 cm³/mol. The molecule has 2 heterocycles. The van der Waals surface area contributed by atoms with Crippen molar-refractivity contribution in [3.05, 3.63) is 96.4 Å². The van der Waals surface area contributed by atoms with Gasteiger partial charge in [0.05, 0.1) is 0 Å². The third-order valence-electron chi connectivity index (χ3n) is 4.64. The van der Waals surface area contributed by atoms with Crippen LogP contribution in [0.2, 0.25) is 0 Å². The van der Waals surface area contributed by atoms with Gasteiger partial charge in [-0.25, -0.2) is 0 Å². The van der Waals surface area contributed by atoms with Crippen molar-refractivity contribution in [3.63, 3.8) is 0 Å². The van der Waals surface area contributed by atoms with Gasteiger partial charge < -0.3 is 0 Å². The topological polar surface area (TPSA) is 6.48 Å². The van der Waals surface area contributed by atoms with E-state index in [-0.39, 0.29) is 19.1 Å². The maximum atomic E-state index is 15.1. The summed E-state index contributed by atoms with van der Waals surface area (Å²) in [7, 11) is 0. The number of anilines is 2. The van der Waals surface area contributed by atoms with Crippen LogP contribution in [0.5, 0.6) is 0 Å². The van der Waals surface area contributed by atoms with E-state index in [0.29, 0.717) is 13.1 Å². The molecule has 4 rings (SSSR count). The van der Waals surface area contributed by atoms with Gasteiger partial charge in [-0.2, -0.15) is 0 Å². The van der Waals surface area contributed by atoms with E-state index in [1.807, 2.05) is 24.3 Å². The summed E-state index contributed by atoms with van der Waals surface area (Å²) in [5.74, 6) is -3.11. The van der Waals surface area contributed by atoms with Crippen LogP contribution >= 0.6 is 0 Å². The molecule has 2 aliphatic heterocycles. The quantitative estimate of drug-likeness (QED) is 0.532. The van der Waals surface area contributed by atoms with Crippen LogP contribution in [-0.2, 0) is 19.2 Å². The van der Waals surface area contributed by atoms with Gasteiger partial charge in [-0.1, -0.05) is 0 Å². The molecule has 2 aliphatic rings. The van der Waals surface area contributed by atoms with Crippen molar-refractivity contribution in [1.29, 1.82) is 0 Å². The van der Waals surface area contributed by atoms with Crippen molar-refractivity contribution in [2.24, 2.45) is 0 Å². The standard InChI is InChI=1S/2C11H8F2N.Ti/c2*12-9-4-5-11(10(13)8-9)14-6-2-1-3-7-14;/h2*1-6H,7H2;. The molecule has 0 atom stereocenters. The van der Waals surface area contributed by atoms with E-state index >= 15 is 8.78 Å². The Morgan fingerprint density at radius 2 is 1.07 bits per heavy atom. The Bertz CT molecular complexity index is 976. The van der Waals surface area contributed by atoms with E-state index in [4.69, 9.17) is 0 Å². The van der Waals surface area contributed by atoms with E-state index in [1.54, 1.807) is 34.4 Å². The zero-order chi connectivity index (χ0) is 20.4. The van der Waals surface area contributed by atoms with E-state index in [9.17, 15) is 8.78 Å². The summed E-state index contributed by atoms with van der Waals surface area (Å²) < 4.78 is 58.7. The van der Waals surface area contributed by atoms with Gasteiger partial charge in [0.15, 0.2) is 0 Å². The fourth-order valence-electron chi connectivity index (χ4n) is 3.17. The molecule has 0 saturated carbocycles. The summed E-state index contributed by atoms with van der Waals surface area (Å²) in [6, 6.07) is 5.00. The average Bonchev–Trinajstić information content (AvgIpc) is 2.74. The summed E-state index contributed by atoms with van der Waals surface area (Å²) in [5, 5.41) is 0. The Labute approximate surface area is 175 Å². The van der Waals surface area contributed by atoms with Crippen molar-refractivity contribution in [2.75, 3.05) is 22.9 Å². The molecule has 0 aromatic heterocycles. The first-order chi connectivity index (χ1) is 14.1. The number of hydrogen-bond acceptors (Lipinski definition) is 2. The Balaban J connectivity index is 1.72. The molecule has 0 spiro atoms. The number of nitrogens with zero attached hydrogens (tertiary/aromatic N) is 2. The first kappa shape index (κ1) is 19.7. The summed E-state index contributed by atoms with van der Waals surface area (Å²) >= 11 is -1.94. The maximum absolute atomic E-state index is 15.1. The molecular formula is C22H16F4N2Ti. The summed E-state index contributed by atoms with van der Waals surface area (Å²) in [5.41, 5.74) is 0.374. The van der Waals surface area contributed by atoms with Crippen molar-refractivity contribution in [1.82, 2.24) is 0 Å². The molecule has 146 valence electrons. The van der Waals surface area contributed by atoms with Crippen LogP contribution in [-0.4, -0.2) is 13.1 Å². The Morgan fingerprint density at radius 3 is 1.45 bits per heavy atom. The minimum absolute atomic E-state index is 0.187. The Morgan fingerprint density at radius 1 is 0.621 bits per heavy atom. The molecule has 0 unspecified atom stereocenters. The van der Waals surface area contributed by atoms with E-state index in [1.165, 1.54) is 12.1 Å². The third-order valence-corrected chi connectivity index (χ3v) is 6.85. The second-order valence-corrected chi connectivity index (χ2v) is 8.43. The fourth-order valence-corrected chi connectivity index (χ4v) is 4.94. The number of benzene rings is 2. The van der Waals surface area contributed by atoms with Crippen LogP contribution in [0.3, 0.4) is 0 Å². The molecule has 0 N–H and O–H groups in total. The monoisotopic (exact) mass is 432 g/mol. The van der Waals surface area contributed by atoms with Gasteiger partial charge in [0.2, 0.25) is 0 Å². The molecule has 29 heavy (non-hydrogen) atoms. The summed E-state index contributed by atoms with van der Waals surface area (Å²) in [4.78, 5) is 3.25. The predicted octanol–water partition coefficient (Wildman–Crippen LogP) is 4.06. The molecule has 0 radical (unpaired) electrons. The molecule has 0 bridgehead atoms. The third kappa shape index (κ3) is 3.95. The van der Waals surface area contributed by atoms with E-state index < -0.39 is 42.4 Å². The van der Waals surface area contributed by atoms with Crippen LogP contribution in [0.1, 0.15) is 0 Å². The van der Waals surface area contributed by atoms with Crippen LogP contribution in [0.4, 0.5) is 28.9 Å². The van der Waals surface area contributed by atoms with Crippen LogP contribution in [0, 0.1) is 23.3 Å². The van der Waals surface area contributed by atoms with Gasteiger partial charge in [-0.05, 0) is 0 Å². The zero-order valence-electron chi connectivity index (χ0n) is 15.2. The van der Waals surface area contributed by atoms with Crippen LogP contribution in [0.25, 0.3) is 0 Å². The van der Waals surface area contributed by atoms with Crippen molar-refractivity contribution < 1.29 is 36.7 Å². The van der Waals surface area contributed by atoms with Crippen LogP contribution in [0.15, 0.2) is 73.1 Å². The first-order valence-corrected chi connectivity index (χ1v) is 10.6. The second kappa shape index (κ2) is 8.43. The SMILES string of the molecule is Fc1ccc(N2C=CC=CC2)c(F)[c]1[Ti][c]1c(F)ccc(N2C=CC=CC2)c1F. The second-order valence-electron chi connectivity index (χ2n) is 6.48. The normalized spacial score (nSPS) is 15.3. The number of allylic oxidation sites excluding steroid dienone is 4. The number of halogens is 4. The van der Waals surface area contributed by atoms with Crippen molar-refractivity contribution in [3.8, 4) is 0 Å². The molecule has 0 amide bonds. The van der Waals surface area contributed by atoms with Gasteiger partial charge in [-0.15, -0.1) is 0 Å². The van der Waals surface area contributed by atoms with E-state index in [0.717, 1.165) is 12.1 Å². The van der Waals surface area contributed by atoms with Gasteiger partial charge in [0.25, 0.3) is 0 Å².